The molecule has 2 unspecified atom stereocenters. The summed E-state index contributed by atoms with van der Waals surface area (Å²) in [6.45, 7) is 0.372. The van der Waals surface area contributed by atoms with E-state index in [9.17, 15) is 9.59 Å². The summed E-state index contributed by atoms with van der Waals surface area (Å²) in [5.41, 5.74) is 1.42. The van der Waals surface area contributed by atoms with Gasteiger partial charge in [0.15, 0.2) is 12.1 Å². The molecule has 2 aliphatic rings. The van der Waals surface area contributed by atoms with E-state index in [0.29, 0.717) is 23.0 Å². The number of halogens is 1. The van der Waals surface area contributed by atoms with Crippen LogP contribution in [0.4, 0.5) is 5.69 Å². The Morgan fingerprint density at radius 1 is 1.04 bits per heavy atom. The van der Waals surface area contributed by atoms with Crippen molar-refractivity contribution in [1.82, 2.24) is 5.01 Å². The molecule has 0 aromatic heterocycles. The molecule has 26 heavy (non-hydrogen) atoms. The molecular weight excluding hydrogens is 356 g/mol. The van der Waals surface area contributed by atoms with Crippen molar-refractivity contribution in [2.24, 2.45) is 10.3 Å². The normalized spacial score (nSPS) is 21.5. The van der Waals surface area contributed by atoms with Gasteiger partial charge in [-0.15, -0.1) is 0 Å². The summed E-state index contributed by atoms with van der Waals surface area (Å²) >= 11 is 5.90. The van der Waals surface area contributed by atoms with Crippen LogP contribution >= 0.6 is 11.6 Å². The molecule has 132 valence electrons. The molecule has 0 spiro atoms. The van der Waals surface area contributed by atoms with Crippen molar-refractivity contribution in [3.63, 3.8) is 0 Å². The Labute approximate surface area is 154 Å². The van der Waals surface area contributed by atoms with Crippen LogP contribution in [0.5, 0.6) is 5.75 Å². The molecule has 0 bridgehead atoms. The van der Waals surface area contributed by atoms with E-state index in [1.165, 1.54) is 4.90 Å². The van der Waals surface area contributed by atoms with E-state index in [2.05, 4.69) is 10.3 Å². The average molecular weight is 371 g/mol. The van der Waals surface area contributed by atoms with Crippen molar-refractivity contribution in [1.29, 1.82) is 0 Å². The van der Waals surface area contributed by atoms with Gasteiger partial charge >= 0.3 is 0 Å². The second-order valence-electron chi connectivity index (χ2n) is 6.03. The highest BCUT2D eigenvalue weighted by molar-refractivity contribution is 6.30. The maximum absolute atomic E-state index is 12.9. The van der Waals surface area contributed by atoms with Crippen molar-refractivity contribution in [3.8, 4) is 5.75 Å². The number of nitrogens with zero attached hydrogens (tertiary/aromatic N) is 4. The van der Waals surface area contributed by atoms with Crippen molar-refractivity contribution >= 4 is 29.1 Å². The number of methoxy groups -OCH3 is 1. The number of hydrogen-bond donors (Lipinski definition) is 0. The lowest BCUT2D eigenvalue weighted by Crippen LogP contribution is -2.39. The van der Waals surface area contributed by atoms with E-state index in [1.54, 1.807) is 48.5 Å². The van der Waals surface area contributed by atoms with Gasteiger partial charge in [0.1, 0.15) is 5.75 Å². The fourth-order valence-corrected chi connectivity index (χ4v) is 3.24. The third kappa shape index (κ3) is 2.70. The van der Waals surface area contributed by atoms with E-state index in [-0.39, 0.29) is 11.8 Å². The summed E-state index contributed by atoms with van der Waals surface area (Å²) in [6, 6.07) is 12.5. The van der Waals surface area contributed by atoms with Gasteiger partial charge in [-0.25, -0.2) is 4.90 Å². The molecule has 8 heteroatoms. The molecule has 1 fully saturated rings. The predicted octanol–water partition coefficient (Wildman–Crippen LogP) is 2.84. The fourth-order valence-electron chi connectivity index (χ4n) is 3.12. The van der Waals surface area contributed by atoms with E-state index in [1.807, 2.05) is 12.1 Å². The lowest BCUT2D eigenvalue weighted by molar-refractivity contribution is -0.123. The van der Waals surface area contributed by atoms with Crippen molar-refractivity contribution in [2.75, 3.05) is 12.0 Å². The van der Waals surface area contributed by atoms with Gasteiger partial charge in [-0.2, -0.15) is 5.11 Å². The van der Waals surface area contributed by atoms with Gasteiger partial charge in [0.05, 0.1) is 19.3 Å². The van der Waals surface area contributed by atoms with Gasteiger partial charge in [-0.3, -0.25) is 14.6 Å². The lowest BCUT2D eigenvalue weighted by atomic mass is 10.1. The monoisotopic (exact) mass is 370 g/mol. The number of fused-ring (bicyclic) bond motifs is 1. The number of amides is 2. The highest BCUT2D eigenvalue weighted by Crippen LogP contribution is 2.33. The number of rotatable bonds is 4. The highest BCUT2D eigenvalue weighted by atomic mass is 35.5. The maximum Gasteiger partial charge on any atom is 0.263 e. The number of benzene rings is 2. The SMILES string of the molecule is COc1ccc(N2C(=O)C3N=NN(Cc4ccc(Cl)cc4)C3C2=O)cc1. The second kappa shape index (κ2) is 6.42. The highest BCUT2D eigenvalue weighted by Gasteiger charge is 2.54. The van der Waals surface area contributed by atoms with Gasteiger partial charge in [0.2, 0.25) is 0 Å². The summed E-state index contributed by atoms with van der Waals surface area (Å²) in [7, 11) is 1.56. The summed E-state index contributed by atoms with van der Waals surface area (Å²) in [5.74, 6) is -0.0475. The zero-order valence-electron chi connectivity index (χ0n) is 13.9. The third-order valence-corrected chi connectivity index (χ3v) is 4.70. The lowest BCUT2D eigenvalue weighted by Gasteiger charge is -2.20. The third-order valence-electron chi connectivity index (χ3n) is 4.45. The number of hydrogen-bond acceptors (Lipinski definition) is 6. The minimum atomic E-state index is -0.808. The van der Waals surface area contributed by atoms with E-state index < -0.39 is 12.1 Å². The first-order chi connectivity index (χ1) is 12.6. The molecule has 4 rings (SSSR count). The van der Waals surface area contributed by atoms with E-state index in [0.717, 1.165) is 5.56 Å². The predicted molar refractivity (Wildman–Crippen MR) is 94.9 cm³/mol. The Morgan fingerprint density at radius 2 is 1.73 bits per heavy atom. The smallest absolute Gasteiger partial charge is 0.263 e. The first kappa shape index (κ1) is 16.5. The topological polar surface area (TPSA) is 74.6 Å². The van der Waals surface area contributed by atoms with Gasteiger partial charge in [0, 0.05) is 5.02 Å². The van der Waals surface area contributed by atoms with Gasteiger partial charge < -0.3 is 4.74 Å². The van der Waals surface area contributed by atoms with E-state index in [4.69, 9.17) is 16.3 Å². The molecule has 7 nitrogen and oxygen atoms in total. The average Bonchev–Trinajstić information content (AvgIpc) is 3.17. The molecule has 2 aliphatic heterocycles. The van der Waals surface area contributed by atoms with Crippen LogP contribution in [0.1, 0.15) is 5.56 Å². The minimum Gasteiger partial charge on any atom is -0.497 e. The van der Waals surface area contributed by atoms with Crippen molar-refractivity contribution in [3.05, 3.63) is 59.1 Å². The first-order valence-electron chi connectivity index (χ1n) is 8.02. The minimum absolute atomic E-state index is 0.330. The van der Waals surface area contributed by atoms with Crippen LogP contribution in [0.15, 0.2) is 58.9 Å². The molecular formula is C18H15ClN4O3. The van der Waals surface area contributed by atoms with Gasteiger partial charge in [0.25, 0.3) is 11.8 Å². The zero-order valence-corrected chi connectivity index (χ0v) is 14.6. The van der Waals surface area contributed by atoms with Crippen molar-refractivity contribution < 1.29 is 14.3 Å². The molecule has 0 radical (unpaired) electrons. The summed E-state index contributed by atoms with van der Waals surface area (Å²) in [5, 5.41) is 10.2. The van der Waals surface area contributed by atoms with Crippen LogP contribution in [-0.2, 0) is 16.1 Å². The molecule has 2 atom stereocenters. The molecule has 2 amide bonds. The summed E-state index contributed by atoms with van der Waals surface area (Å²) < 4.78 is 5.11. The fraction of sp³-hybridized carbons (Fsp3) is 0.222. The molecule has 2 aromatic rings. The summed E-state index contributed by atoms with van der Waals surface area (Å²) in [6.07, 6.45) is 0. The van der Waals surface area contributed by atoms with Crippen LogP contribution in [0.3, 0.4) is 0 Å². The van der Waals surface area contributed by atoms with Crippen molar-refractivity contribution in [2.45, 2.75) is 18.6 Å². The number of carbonyl (C=O) groups is 2. The molecule has 2 heterocycles. The van der Waals surface area contributed by atoms with Crippen LogP contribution in [0, 0.1) is 0 Å². The number of anilines is 1. The Morgan fingerprint density at radius 3 is 2.38 bits per heavy atom. The Bertz CT molecular complexity index is 882. The molecule has 0 N–H and O–H groups in total. The molecule has 0 saturated carbocycles. The van der Waals surface area contributed by atoms with Crippen LogP contribution in [-0.4, -0.2) is 36.0 Å². The standard InChI is InChI=1S/C18H15ClN4O3/c1-26-14-8-6-13(7-9-14)23-17(24)15-16(18(23)25)22(21-20-15)10-11-2-4-12(19)5-3-11/h2-9,15-16H,10H2,1H3. The van der Waals surface area contributed by atoms with Crippen LogP contribution in [0.2, 0.25) is 5.02 Å². The first-order valence-corrected chi connectivity index (χ1v) is 8.40. The second-order valence-corrected chi connectivity index (χ2v) is 6.46. The number of carbonyl (C=O) groups excluding carboxylic acids is 2. The van der Waals surface area contributed by atoms with Crippen LogP contribution in [0.25, 0.3) is 0 Å². The maximum atomic E-state index is 12.9. The van der Waals surface area contributed by atoms with Crippen LogP contribution < -0.4 is 9.64 Å². The number of ether oxygens (including phenoxy) is 1. The number of imide groups is 1. The van der Waals surface area contributed by atoms with Gasteiger partial charge in [-0.1, -0.05) is 29.0 Å². The summed E-state index contributed by atoms with van der Waals surface area (Å²) in [4.78, 5) is 26.7. The Balaban J connectivity index is 1.57. The van der Waals surface area contributed by atoms with E-state index >= 15 is 0 Å². The Hall–Kier alpha value is -2.93. The quantitative estimate of drug-likeness (QED) is 0.775. The molecule has 1 saturated heterocycles. The molecule has 0 aliphatic carbocycles. The largest absolute Gasteiger partial charge is 0.497 e. The van der Waals surface area contributed by atoms with Gasteiger partial charge in [-0.05, 0) is 42.0 Å². The molecule has 2 aromatic carbocycles. The zero-order chi connectivity index (χ0) is 18.3. The Kier molecular flexibility index (Phi) is 4.08.